The van der Waals surface area contributed by atoms with Crippen LogP contribution in [0.4, 0.5) is 0 Å². The maximum atomic E-state index is 4.44. The number of hydrogen-bond donors (Lipinski definition) is 1. The molecule has 1 aromatic heterocycles. The molecule has 1 rings (SSSR count). The Morgan fingerprint density at radius 2 is 2.18 bits per heavy atom. The van der Waals surface area contributed by atoms with Crippen LogP contribution in [0.2, 0.25) is 0 Å². The Balaban J connectivity index is 2.89. The molecule has 1 N–H and O–H groups in total. The highest BCUT2D eigenvalue weighted by molar-refractivity contribution is 9.10. The van der Waals surface area contributed by atoms with Gasteiger partial charge in [-0.3, -0.25) is 4.68 Å². The van der Waals surface area contributed by atoms with Gasteiger partial charge in [-0.2, -0.15) is 5.10 Å². The molecule has 3 nitrogen and oxygen atoms in total. The molecule has 0 aromatic carbocycles. The van der Waals surface area contributed by atoms with Crippen LogP contribution in [-0.4, -0.2) is 16.8 Å². The van der Waals surface area contributed by atoms with E-state index in [0.717, 1.165) is 29.8 Å². The van der Waals surface area contributed by atoms with E-state index in [1.165, 1.54) is 12.1 Å². The van der Waals surface area contributed by atoms with Gasteiger partial charge in [0.05, 0.1) is 22.4 Å². The molecule has 0 saturated heterocycles. The summed E-state index contributed by atoms with van der Waals surface area (Å²) in [5.41, 5.74) is 1.29. The summed E-state index contributed by atoms with van der Waals surface area (Å²) in [6.45, 7) is 7.72. The molecule has 0 fully saturated rings. The van der Waals surface area contributed by atoms with Crippen LogP contribution in [0.3, 0.4) is 0 Å². The second-order valence-corrected chi connectivity index (χ2v) is 5.55. The molecular formula is C13H24BrN3. The topological polar surface area (TPSA) is 29.9 Å². The molecule has 0 bridgehead atoms. The highest BCUT2D eigenvalue weighted by atomic mass is 79.9. The number of aromatic nitrogens is 2. The van der Waals surface area contributed by atoms with Crippen LogP contribution >= 0.6 is 15.9 Å². The number of halogens is 1. The molecule has 1 heterocycles. The van der Waals surface area contributed by atoms with E-state index in [9.17, 15) is 0 Å². The molecule has 0 saturated carbocycles. The summed E-state index contributed by atoms with van der Waals surface area (Å²) in [6.07, 6.45) is 5.39. The smallest absolute Gasteiger partial charge is 0.0695 e. The average molecular weight is 302 g/mol. The van der Waals surface area contributed by atoms with Crippen molar-refractivity contribution in [2.75, 3.05) is 7.05 Å². The monoisotopic (exact) mass is 301 g/mol. The van der Waals surface area contributed by atoms with Gasteiger partial charge < -0.3 is 5.32 Å². The van der Waals surface area contributed by atoms with E-state index >= 15 is 0 Å². The zero-order chi connectivity index (χ0) is 12.8. The molecular weight excluding hydrogens is 278 g/mol. The van der Waals surface area contributed by atoms with Gasteiger partial charge in [0.15, 0.2) is 0 Å². The fourth-order valence-electron chi connectivity index (χ4n) is 2.04. The van der Waals surface area contributed by atoms with E-state index in [1.54, 1.807) is 0 Å². The van der Waals surface area contributed by atoms with Crippen molar-refractivity contribution in [1.29, 1.82) is 0 Å². The molecule has 17 heavy (non-hydrogen) atoms. The molecule has 2 unspecified atom stereocenters. The predicted octanol–water partition coefficient (Wildman–Crippen LogP) is 3.75. The first-order chi connectivity index (χ1) is 8.13. The van der Waals surface area contributed by atoms with Crippen LogP contribution in [0.5, 0.6) is 0 Å². The summed E-state index contributed by atoms with van der Waals surface area (Å²) < 4.78 is 3.24. The van der Waals surface area contributed by atoms with E-state index in [-0.39, 0.29) is 0 Å². The van der Waals surface area contributed by atoms with Crippen LogP contribution in [0.1, 0.15) is 51.8 Å². The number of rotatable bonds is 7. The Kier molecular flexibility index (Phi) is 6.20. The minimum atomic E-state index is 0.383. The molecule has 0 amide bonds. The van der Waals surface area contributed by atoms with Crippen molar-refractivity contribution in [2.24, 2.45) is 5.92 Å². The number of nitrogens with one attached hydrogen (secondary N) is 1. The standard InChI is InChI=1S/C13H24BrN3/c1-5-7-17-13(11(14)9-16-17)12(15-4)8-10(3)6-2/h9-10,12,15H,5-8H2,1-4H3. The van der Waals surface area contributed by atoms with Crippen molar-refractivity contribution >= 4 is 15.9 Å². The van der Waals surface area contributed by atoms with Crippen molar-refractivity contribution in [3.05, 3.63) is 16.4 Å². The van der Waals surface area contributed by atoms with Crippen LogP contribution in [0.25, 0.3) is 0 Å². The first kappa shape index (κ1) is 14.7. The van der Waals surface area contributed by atoms with Crippen molar-refractivity contribution < 1.29 is 0 Å². The fraction of sp³-hybridized carbons (Fsp3) is 0.769. The highest BCUT2D eigenvalue weighted by Gasteiger charge is 2.20. The van der Waals surface area contributed by atoms with E-state index in [2.05, 4.69) is 51.8 Å². The molecule has 98 valence electrons. The van der Waals surface area contributed by atoms with Crippen LogP contribution in [0, 0.1) is 5.92 Å². The zero-order valence-corrected chi connectivity index (χ0v) is 12.9. The first-order valence-electron chi connectivity index (χ1n) is 6.52. The number of hydrogen-bond acceptors (Lipinski definition) is 2. The Labute approximate surface area is 113 Å². The largest absolute Gasteiger partial charge is 0.312 e. The third-order valence-electron chi connectivity index (χ3n) is 3.28. The Morgan fingerprint density at radius 1 is 1.47 bits per heavy atom. The zero-order valence-electron chi connectivity index (χ0n) is 11.3. The van der Waals surface area contributed by atoms with Crippen LogP contribution in [0.15, 0.2) is 10.7 Å². The van der Waals surface area contributed by atoms with Crippen molar-refractivity contribution in [2.45, 2.75) is 52.6 Å². The van der Waals surface area contributed by atoms with Gasteiger partial charge in [0.25, 0.3) is 0 Å². The molecule has 0 aliphatic rings. The molecule has 0 aliphatic heterocycles. The first-order valence-corrected chi connectivity index (χ1v) is 7.31. The summed E-state index contributed by atoms with van der Waals surface area (Å²) in [6, 6.07) is 0.383. The summed E-state index contributed by atoms with van der Waals surface area (Å²) >= 11 is 3.62. The van der Waals surface area contributed by atoms with Gasteiger partial charge in [-0.1, -0.05) is 27.2 Å². The van der Waals surface area contributed by atoms with Crippen molar-refractivity contribution in [3.8, 4) is 0 Å². The van der Waals surface area contributed by atoms with Gasteiger partial charge in [-0.15, -0.1) is 0 Å². The molecule has 0 aliphatic carbocycles. The maximum absolute atomic E-state index is 4.44. The lowest BCUT2D eigenvalue weighted by Gasteiger charge is -2.21. The molecule has 0 radical (unpaired) electrons. The minimum Gasteiger partial charge on any atom is -0.312 e. The lowest BCUT2D eigenvalue weighted by molar-refractivity contribution is 0.396. The number of aryl methyl sites for hydroxylation is 1. The third-order valence-corrected chi connectivity index (χ3v) is 3.89. The average Bonchev–Trinajstić information content (AvgIpc) is 2.68. The van der Waals surface area contributed by atoms with Gasteiger partial charge >= 0.3 is 0 Å². The van der Waals surface area contributed by atoms with E-state index in [0.29, 0.717) is 6.04 Å². The second kappa shape index (κ2) is 7.17. The minimum absolute atomic E-state index is 0.383. The van der Waals surface area contributed by atoms with Crippen LogP contribution in [-0.2, 0) is 6.54 Å². The van der Waals surface area contributed by atoms with Gasteiger partial charge in [0.1, 0.15) is 0 Å². The van der Waals surface area contributed by atoms with E-state index in [1.807, 2.05) is 13.2 Å². The Morgan fingerprint density at radius 3 is 2.71 bits per heavy atom. The van der Waals surface area contributed by atoms with Gasteiger partial charge in [-0.05, 0) is 41.7 Å². The molecule has 1 aromatic rings. The van der Waals surface area contributed by atoms with Crippen LogP contribution < -0.4 is 5.32 Å². The Hall–Kier alpha value is -0.350. The highest BCUT2D eigenvalue weighted by Crippen LogP contribution is 2.28. The number of nitrogens with zero attached hydrogens (tertiary/aromatic N) is 2. The molecule has 4 heteroatoms. The quantitative estimate of drug-likeness (QED) is 0.831. The maximum Gasteiger partial charge on any atom is 0.0695 e. The molecule has 0 spiro atoms. The van der Waals surface area contributed by atoms with Gasteiger partial charge in [-0.25, -0.2) is 0 Å². The predicted molar refractivity (Wildman–Crippen MR) is 76.1 cm³/mol. The Bertz CT molecular complexity index is 335. The van der Waals surface area contributed by atoms with E-state index in [4.69, 9.17) is 0 Å². The lowest BCUT2D eigenvalue weighted by Crippen LogP contribution is -2.23. The lowest BCUT2D eigenvalue weighted by atomic mass is 9.97. The van der Waals surface area contributed by atoms with Crippen molar-refractivity contribution in [3.63, 3.8) is 0 Å². The van der Waals surface area contributed by atoms with Gasteiger partial charge in [0.2, 0.25) is 0 Å². The van der Waals surface area contributed by atoms with Crippen molar-refractivity contribution in [1.82, 2.24) is 15.1 Å². The van der Waals surface area contributed by atoms with E-state index < -0.39 is 0 Å². The summed E-state index contributed by atoms with van der Waals surface area (Å²) in [7, 11) is 2.03. The third kappa shape index (κ3) is 3.81. The SMILES string of the molecule is CCCn1ncc(Br)c1C(CC(C)CC)NC. The second-order valence-electron chi connectivity index (χ2n) is 4.69. The van der Waals surface area contributed by atoms with Gasteiger partial charge in [0, 0.05) is 6.54 Å². The molecule has 2 atom stereocenters. The fourth-order valence-corrected chi connectivity index (χ4v) is 2.62. The summed E-state index contributed by atoms with van der Waals surface area (Å²) in [4.78, 5) is 0. The summed E-state index contributed by atoms with van der Waals surface area (Å²) in [5.74, 6) is 0.726. The normalized spacial score (nSPS) is 14.9. The summed E-state index contributed by atoms with van der Waals surface area (Å²) in [5, 5.41) is 7.86.